The molecule has 0 aliphatic heterocycles. The fourth-order valence-electron chi connectivity index (χ4n) is 8.06. The van der Waals surface area contributed by atoms with E-state index in [9.17, 15) is 0 Å². The molecule has 3 nitrogen and oxygen atoms in total. The number of fused-ring (bicyclic) bond motifs is 9. The van der Waals surface area contributed by atoms with E-state index in [-0.39, 0.29) is 0 Å². The molecule has 11 rings (SSSR count). The summed E-state index contributed by atoms with van der Waals surface area (Å²) in [6.45, 7) is 0. The van der Waals surface area contributed by atoms with Crippen molar-refractivity contribution in [1.82, 2.24) is 4.57 Å². The molecule has 0 aliphatic carbocycles. The Bertz CT molecular complexity index is 3100. The minimum atomic E-state index is 0.866. The van der Waals surface area contributed by atoms with Crippen LogP contribution in [0.4, 0.5) is 17.1 Å². The largest absolute Gasteiger partial charge is 0.454 e. The van der Waals surface area contributed by atoms with Gasteiger partial charge in [-0.2, -0.15) is 0 Å². The summed E-state index contributed by atoms with van der Waals surface area (Å²) in [6, 6.07) is 65.4. The van der Waals surface area contributed by atoms with Crippen molar-refractivity contribution in [1.29, 1.82) is 0 Å². The maximum atomic E-state index is 6.77. The molecule has 0 spiro atoms. The molecule has 0 N–H and O–H groups in total. The zero-order chi connectivity index (χ0) is 34.2. The summed E-state index contributed by atoms with van der Waals surface area (Å²) in [7, 11) is 0. The zero-order valence-electron chi connectivity index (χ0n) is 28.0. The van der Waals surface area contributed by atoms with Gasteiger partial charge in [-0.3, -0.25) is 0 Å². The molecule has 0 aliphatic rings. The number of para-hydroxylation sites is 4. The van der Waals surface area contributed by atoms with Crippen molar-refractivity contribution in [2.45, 2.75) is 0 Å². The lowest BCUT2D eigenvalue weighted by Crippen LogP contribution is -2.11. The van der Waals surface area contributed by atoms with E-state index in [2.05, 4.69) is 185 Å². The van der Waals surface area contributed by atoms with Crippen LogP contribution >= 0.6 is 11.3 Å². The SMILES string of the molecule is c1ccc(-c2cccc(N(c3cccc4c3oc3ccccc34)c3cc(-n4c5ccccc5c5ccccc54)cc4c3sc3ccccc34)c2)cc1. The molecule has 0 radical (unpaired) electrons. The lowest BCUT2D eigenvalue weighted by Gasteiger charge is -2.27. The molecule has 0 amide bonds. The Kier molecular flexibility index (Phi) is 6.42. The normalized spacial score (nSPS) is 11.8. The summed E-state index contributed by atoms with van der Waals surface area (Å²) in [6.07, 6.45) is 0. The minimum absolute atomic E-state index is 0.866. The Morgan fingerprint density at radius 2 is 1.08 bits per heavy atom. The molecule has 8 aromatic carbocycles. The first kappa shape index (κ1) is 29.1. The van der Waals surface area contributed by atoms with Gasteiger partial charge in [0, 0.05) is 48.4 Å². The Balaban J connectivity index is 1.28. The second-order valence-corrected chi connectivity index (χ2v) is 14.4. The van der Waals surface area contributed by atoms with E-state index in [0.29, 0.717) is 0 Å². The summed E-state index contributed by atoms with van der Waals surface area (Å²) >= 11 is 1.85. The Morgan fingerprint density at radius 3 is 1.88 bits per heavy atom. The van der Waals surface area contributed by atoms with E-state index in [1.807, 2.05) is 17.4 Å². The van der Waals surface area contributed by atoms with Gasteiger partial charge in [-0.25, -0.2) is 0 Å². The van der Waals surface area contributed by atoms with Gasteiger partial charge in [-0.15, -0.1) is 11.3 Å². The van der Waals surface area contributed by atoms with Crippen LogP contribution in [0, 0.1) is 0 Å². The smallest absolute Gasteiger partial charge is 0.159 e. The topological polar surface area (TPSA) is 21.3 Å². The zero-order valence-corrected chi connectivity index (χ0v) is 28.8. The maximum Gasteiger partial charge on any atom is 0.159 e. The second kappa shape index (κ2) is 11.5. The number of rotatable bonds is 5. The van der Waals surface area contributed by atoms with E-state index in [0.717, 1.165) is 50.3 Å². The van der Waals surface area contributed by atoms with Crippen LogP contribution in [0.1, 0.15) is 0 Å². The van der Waals surface area contributed by atoms with Crippen LogP contribution in [-0.4, -0.2) is 4.57 Å². The van der Waals surface area contributed by atoms with Gasteiger partial charge in [0.1, 0.15) is 5.58 Å². The van der Waals surface area contributed by atoms with Crippen LogP contribution in [-0.2, 0) is 0 Å². The number of furan rings is 1. The Hall–Kier alpha value is -6.62. The molecule has 244 valence electrons. The molecule has 0 atom stereocenters. The number of nitrogens with zero attached hydrogens (tertiary/aromatic N) is 2. The Morgan fingerprint density at radius 1 is 0.442 bits per heavy atom. The molecule has 4 heteroatoms. The van der Waals surface area contributed by atoms with Crippen molar-refractivity contribution in [3.8, 4) is 16.8 Å². The molecule has 0 saturated carbocycles. The lowest BCUT2D eigenvalue weighted by molar-refractivity contribution is 0.669. The van der Waals surface area contributed by atoms with E-state index in [1.54, 1.807) is 0 Å². The van der Waals surface area contributed by atoms with Crippen molar-refractivity contribution in [3.05, 3.63) is 182 Å². The average Bonchev–Trinajstić information content (AvgIpc) is 3.89. The molecule has 52 heavy (non-hydrogen) atoms. The van der Waals surface area contributed by atoms with Gasteiger partial charge in [0.2, 0.25) is 0 Å². The van der Waals surface area contributed by atoms with Crippen molar-refractivity contribution in [2.24, 2.45) is 0 Å². The van der Waals surface area contributed by atoms with Gasteiger partial charge >= 0.3 is 0 Å². The number of thiophene rings is 1. The first-order chi connectivity index (χ1) is 25.8. The molecule has 3 aromatic heterocycles. The minimum Gasteiger partial charge on any atom is -0.454 e. The van der Waals surface area contributed by atoms with Crippen molar-refractivity contribution in [3.63, 3.8) is 0 Å². The summed E-state index contributed by atoms with van der Waals surface area (Å²) in [5, 5.41) is 7.19. The molecule has 0 bridgehead atoms. The molecule has 11 aromatic rings. The van der Waals surface area contributed by atoms with E-state index >= 15 is 0 Å². The van der Waals surface area contributed by atoms with Crippen LogP contribution < -0.4 is 4.90 Å². The summed E-state index contributed by atoms with van der Waals surface area (Å²) in [4.78, 5) is 2.42. The number of hydrogen-bond acceptors (Lipinski definition) is 3. The highest BCUT2D eigenvalue weighted by Crippen LogP contribution is 2.49. The van der Waals surface area contributed by atoms with Crippen LogP contribution in [0.5, 0.6) is 0 Å². The van der Waals surface area contributed by atoms with Gasteiger partial charge in [-0.1, -0.05) is 127 Å². The van der Waals surface area contributed by atoms with Crippen LogP contribution in [0.3, 0.4) is 0 Å². The molecular weight excluding hydrogens is 653 g/mol. The van der Waals surface area contributed by atoms with Crippen LogP contribution in [0.15, 0.2) is 186 Å². The van der Waals surface area contributed by atoms with Gasteiger partial charge in [0.05, 0.1) is 27.1 Å². The van der Waals surface area contributed by atoms with E-state index in [4.69, 9.17) is 4.42 Å². The van der Waals surface area contributed by atoms with Crippen molar-refractivity contribution in [2.75, 3.05) is 4.90 Å². The maximum absolute atomic E-state index is 6.77. The van der Waals surface area contributed by atoms with Crippen LogP contribution in [0.25, 0.3) is 80.7 Å². The first-order valence-corrected chi connectivity index (χ1v) is 18.4. The number of aromatic nitrogens is 1. The predicted octanol–water partition coefficient (Wildman–Crippen LogP) is 14.2. The molecule has 3 heterocycles. The third-order valence-electron chi connectivity index (χ3n) is 10.4. The molecular formula is C48H30N2OS. The first-order valence-electron chi connectivity index (χ1n) is 17.6. The number of hydrogen-bond donors (Lipinski definition) is 0. The molecule has 0 unspecified atom stereocenters. The van der Waals surface area contributed by atoms with Gasteiger partial charge in [0.15, 0.2) is 5.58 Å². The monoisotopic (exact) mass is 682 g/mol. The van der Waals surface area contributed by atoms with Crippen LogP contribution in [0.2, 0.25) is 0 Å². The van der Waals surface area contributed by atoms with Gasteiger partial charge in [0.25, 0.3) is 0 Å². The number of benzene rings is 8. The average molecular weight is 683 g/mol. The van der Waals surface area contributed by atoms with E-state index in [1.165, 1.54) is 47.5 Å². The highest BCUT2D eigenvalue weighted by molar-refractivity contribution is 7.26. The highest BCUT2D eigenvalue weighted by atomic mass is 32.1. The predicted molar refractivity (Wildman–Crippen MR) is 221 cm³/mol. The fourth-order valence-corrected chi connectivity index (χ4v) is 9.25. The fraction of sp³-hybridized carbons (Fsp3) is 0. The summed E-state index contributed by atoms with van der Waals surface area (Å²) < 4.78 is 11.7. The quantitative estimate of drug-likeness (QED) is 0.180. The standard InChI is InChI=1S/C48H30N2OS/c1-2-14-31(15-3-1)32-16-12-17-33(28-32)49(43-25-13-22-39-37-20-6-10-26-45(37)51-47(39)43)44-30-34(29-40-38-21-7-11-27-46(38)52-48(40)44)50-41-23-8-4-18-35(41)36-19-5-9-24-42(36)50/h1-30H. The van der Waals surface area contributed by atoms with Gasteiger partial charge in [-0.05, 0) is 65.7 Å². The summed E-state index contributed by atoms with van der Waals surface area (Å²) in [5.41, 5.74) is 10.7. The molecule has 0 fully saturated rings. The second-order valence-electron chi connectivity index (χ2n) is 13.3. The lowest BCUT2D eigenvalue weighted by atomic mass is 10.0. The van der Waals surface area contributed by atoms with Crippen molar-refractivity contribution < 1.29 is 4.42 Å². The summed E-state index contributed by atoms with van der Waals surface area (Å²) in [5.74, 6) is 0. The van der Waals surface area contributed by atoms with Gasteiger partial charge < -0.3 is 13.9 Å². The third-order valence-corrected chi connectivity index (χ3v) is 11.6. The molecule has 0 saturated heterocycles. The Labute approximate surface area is 303 Å². The number of anilines is 3. The van der Waals surface area contributed by atoms with E-state index < -0.39 is 0 Å². The third kappa shape index (κ3) is 4.38. The van der Waals surface area contributed by atoms with Crippen molar-refractivity contribution >= 4 is 92.3 Å². The highest BCUT2D eigenvalue weighted by Gasteiger charge is 2.25.